The number of para-hydroxylation sites is 1. The SMILES string of the molecule is COc1ccc(Cl)cc1N=C1S/C(=C/c2cn(C(C)C)c3ccccc23)C(=O)N1C. The number of aliphatic imine (C=N–C) groups is 1. The Morgan fingerprint density at radius 1 is 1.20 bits per heavy atom. The number of aromatic nitrogens is 1. The molecule has 0 spiro atoms. The van der Waals surface area contributed by atoms with E-state index in [-0.39, 0.29) is 5.91 Å². The molecule has 0 aliphatic carbocycles. The van der Waals surface area contributed by atoms with Crippen molar-refractivity contribution in [3.63, 3.8) is 0 Å². The number of ether oxygens (including phenoxy) is 1. The van der Waals surface area contributed by atoms with Crippen molar-refractivity contribution in [2.24, 2.45) is 4.99 Å². The summed E-state index contributed by atoms with van der Waals surface area (Å²) in [6, 6.07) is 13.8. The number of thioether (sulfide) groups is 1. The molecule has 0 bridgehead atoms. The molecule has 0 atom stereocenters. The van der Waals surface area contributed by atoms with Crippen molar-refractivity contribution in [3.8, 4) is 5.75 Å². The highest BCUT2D eigenvalue weighted by Crippen LogP contribution is 2.37. The maximum atomic E-state index is 12.9. The van der Waals surface area contributed by atoms with Crippen LogP contribution in [-0.4, -0.2) is 34.7 Å². The lowest BCUT2D eigenvalue weighted by atomic mass is 10.1. The predicted octanol–water partition coefficient (Wildman–Crippen LogP) is 6.12. The summed E-state index contributed by atoms with van der Waals surface area (Å²) in [5.41, 5.74) is 2.76. The van der Waals surface area contributed by atoms with E-state index in [0.29, 0.717) is 32.6 Å². The van der Waals surface area contributed by atoms with Gasteiger partial charge in [0.25, 0.3) is 5.91 Å². The molecule has 1 aromatic heterocycles. The Labute approximate surface area is 185 Å². The normalized spacial score (nSPS) is 17.1. The minimum atomic E-state index is -0.0823. The van der Waals surface area contributed by atoms with Crippen molar-refractivity contribution < 1.29 is 9.53 Å². The highest BCUT2D eigenvalue weighted by molar-refractivity contribution is 8.18. The highest BCUT2D eigenvalue weighted by atomic mass is 35.5. The fourth-order valence-corrected chi connectivity index (χ4v) is 4.56. The van der Waals surface area contributed by atoms with Crippen molar-refractivity contribution >= 4 is 57.1 Å². The summed E-state index contributed by atoms with van der Waals surface area (Å²) in [6.45, 7) is 4.30. The molecular formula is C23H22ClN3O2S. The number of halogens is 1. The molecule has 4 rings (SSSR count). The third-order valence-electron chi connectivity index (χ3n) is 4.97. The lowest BCUT2D eigenvalue weighted by molar-refractivity contribution is -0.121. The Bertz CT molecular complexity index is 1200. The Hall–Kier alpha value is -2.70. The number of nitrogens with zero attached hydrogens (tertiary/aromatic N) is 3. The van der Waals surface area contributed by atoms with Crippen molar-refractivity contribution in [3.05, 3.63) is 64.2 Å². The third-order valence-corrected chi connectivity index (χ3v) is 6.27. The van der Waals surface area contributed by atoms with Gasteiger partial charge in [0.2, 0.25) is 0 Å². The van der Waals surface area contributed by atoms with E-state index in [2.05, 4.69) is 41.7 Å². The molecule has 1 amide bonds. The molecule has 30 heavy (non-hydrogen) atoms. The lowest BCUT2D eigenvalue weighted by Gasteiger charge is -2.09. The van der Waals surface area contributed by atoms with Crippen LogP contribution >= 0.6 is 23.4 Å². The molecule has 1 saturated heterocycles. The summed E-state index contributed by atoms with van der Waals surface area (Å²) >= 11 is 7.47. The van der Waals surface area contributed by atoms with Crippen LogP contribution in [0, 0.1) is 0 Å². The van der Waals surface area contributed by atoms with Gasteiger partial charge in [-0.15, -0.1) is 0 Å². The van der Waals surface area contributed by atoms with Gasteiger partial charge in [-0.05, 0) is 56.0 Å². The zero-order chi connectivity index (χ0) is 21.4. The molecule has 7 heteroatoms. The zero-order valence-corrected chi connectivity index (χ0v) is 18.8. The Balaban J connectivity index is 1.75. The molecule has 2 aromatic carbocycles. The minimum absolute atomic E-state index is 0.0823. The first-order valence-corrected chi connectivity index (χ1v) is 10.8. The van der Waals surface area contributed by atoms with Crippen LogP contribution in [0.4, 0.5) is 5.69 Å². The van der Waals surface area contributed by atoms with Gasteiger partial charge in [0.05, 0.1) is 12.0 Å². The molecule has 0 N–H and O–H groups in total. The second kappa shape index (κ2) is 8.20. The Morgan fingerprint density at radius 3 is 2.70 bits per heavy atom. The summed E-state index contributed by atoms with van der Waals surface area (Å²) in [7, 11) is 3.31. The smallest absolute Gasteiger partial charge is 0.266 e. The summed E-state index contributed by atoms with van der Waals surface area (Å²) in [6.07, 6.45) is 4.05. The van der Waals surface area contributed by atoms with E-state index in [1.807, 2.05) is 18.2 Å². The summed E-state index contributed by atoms with van der Waals surface area (Å²) in [4.78, 5) is 19.7. The number of fused-ring (bicyclic) bond motifs is 1. The number of benzene rings is 2. The molecule has 154 valence electrons. The molecular weight excluding hydrogens is 418 g/mol. The second-order valence-corrected chi connectivity index (χ2v) is 8.73. The molecule has 2 heterocycles. The summed E-state index contributed by atoms with van der Waals surface area (Å²) in [5.74, 6) is 0.520. The van der Waals surface area contributed by atoms with Crippen LogP contribution in [-0.2, 0) is 4.79 Å². The van der Waals surface area contributed by atoms with Gasteiger partial charge >= 0.3 is 0 Å². The summed E-state index contributed by atoms with van der Waals surface area (Å²) in [5, 5.41) is 2.26. The van der Waals surface area contributed by atoms with Crippen LogP contribution in [0.15, 0.2) is 58.6 Å². The van der Waals surface area contributed by atoms with Gasteiger partial charge in [-0.1, -0.05) is 29.8 Å². The summed E-state index contributed by atoms with van der Waals surface area (Å²) < 4.78 is 7.60. The van der Waals surface area contributed by atoms with E-state index in [9.17, 15) is 4.79 Å². The van der Waals surface area contributed by atoms with E-state index >= 15 is 0 Å². The largest absolute Gasteiger partial charge is 0.494 e. The van der Waals surface area contributed by atoms with Gasteiger partial charge in [-0.3, -0.25) is 9.69 Å². The molecule has 0 saturated carbocycles. The van der Waals surface area contributed by atoms with Crippen LogP contribution in [0.25, 0.3) is 17.0 Å². The standard InChI is InChI=1S/C23H22ClN3O2S/c1-14(2)27-13-15(17-7-5-6-8-19(17)27)11-21-22(28)26(3)23(30-21)25-18-12-16(24)9-10-20(18)29-4/h5-14H,1-4H3/b21-11+,25-23?. The van der Waals surface area contributed by atoms with Gasteiger partial charge in [-0.25, -0.2) is 4.99 Å². The third kappa shape index (κ3) is 3.73. The van der Waals surface area contributed by atoms with Gasteiger partial charge in [-0.2, -0.15) is 0 Å². The van der Waals surface area contributed by atoms with Gasteiger partial charge in [0.15, 0.2) is 5.17 Å². The van der Waals surface area contributed by atoms with E-state index in [1.54, 1.807) is 37.3 Å². The number of hydrogen-bond acceptors (Lipinski definition) is 4. The van der Waals surface area contributed by atoms with Crippen molar-refractivity contribution in [2.45, 2.75) is 19.9 Å². The number of amidine groups is 1. The van der Waals surface area contributed by atoms with Crippen molar-refractivity contribution in [2.75, 3.05) is 14.2 Å². The Kier molecular flexibility index (Phi) is 5.62. The topological polar surface area (TPSA) is 46.8 Å². The van der Waals surface area contributed by atoms with Crippen LogP contribution < -0.4 is 4.74 Å². The monoisotopic (exact) mass is 439 g/mol. The average molecular weight is 440 g/mol. The molecule has 1 fully saturated rings. The van der Waals surface area contributed by atoms with E-state index in [1.165, 1.54) is 11.8 Å². The maximum absolute atomic E-state index is 12.9. The van der Waals surface area contributed by atoms with Crippen molar-refractivity contribution in [1.29, 1.82) is 0 Å². The fraction of sp³-hybridized carbons (Fsp3) is 0.217. The predicted molar refractivity (Wildman–Crippen MR) is 126 cm³/mol. The molecule has 3 aromatic rings. The van der Waals surface area contributed by atoms with Crippen molar-refractivity contribution in [1.82, 2.24) is 9.47 Å². The average Bonchev–Trinajstić information content (AvgIpc) is 3.22. The Morgan fingerprint density at radius 2 is 1.97 bits per heavy atom. The fourth-order valence-electron chi connectivity index (χ4n) is 3.42. The van der Waals surface area contributed by atoms with Gasteiger partial charge < -0.3 is 9.30 Å². The van der Waals surface area contributed by atoms with E-state index in [4.69, 9.17) is 16.3 Å². The first-order chi connectivity index (χ1) is 14.4. The first-order valence-electron chi connectivity index (χ1n) is 9.58. The molecule has 1 aliphatic heterocycles. The molecule has 1 aliphatic rings. The molecule has 0 radical (unpaired) electrons. The number of likely N-dealkylation sites (N-methyl/N-ethyl adjacent to an activating group) is 1. The quantitative estimate of drug-likeness (QED) is 0.460. The number of methoxy groups -OCH3 is 1. The van der Waals surface area contributed by atoms with Crippen LogP contribution in [0.1, 0.15) is 25.5 Å². The van der Waals surface area contributed by atoms with Crippen LogP contribution in [0.2, 0.25) is 5.02 Å². The minimum Gasteiger partial charge on any atom is -0.494 e. The number of hydrogen-bond donors (Lipinski definition) is 0. The molecule has 0 unspecified atom stereocenters. The van der Waals surface area contributed by atoms with Crippen LogP contribution in [0.3, 0.4) is 0 Å². The second-order valence-electron chi connectivity index (χ2n) is 7.29. The highest BCUT2D eigenvalue weighted by Gasteiger charge is 2.31. The lowest BCUT2D eigenvalue weighted by Crippen LogP contribution is -2.23. The number of carbonyl (C=O) groups excluding carboxylic acids is 1. The van der Waals surface area contributed by atoms with E-state index in [0.717, 1.165) is 16.5 Å². The van der Waals surface area contributed by atoms with Gasteiger partial charge in [0.1, 0.15) is 11.4 Å². The zero-order valence-electron chi connectivity index (χ0n) is 17.2. The van der Waals surface area contributed by atoms with Crippen LogP contribution in [0.5, 0.6) is 5.75 Å². The molecule has 5 nitrogen and oxygen atoms in total. The number of amides is 1. The maximum Gasteiger partial charge on any atom is 0.266 e. The first kappa shape index (κ1) is 20.6. The van der Waals surface area contributed by atoms with E-state index < -0.39 is 0 Å². The number of carbonyl (C=O) groups is 1. The van der Waals surface area contributed by atoms with Gasteiger partial charge in [0, 0.05) is 40.8 Å². The number of rotatable bonds is 4.